The number of carboxylic acids is 1. The quantitative estimate of drug-likeness (QED) is 0.669. The number of hydrogen-bond acceptors (Lipinski definition) is 3. The predicted octanol–water partition coefficient (Wildman–Crippen LogP) is 2.13. The van der Waals surface area contributed by atoms with E-state index in [4.69, 9.17) is 0 Å². The van der Waals surface area contributed by atoms with Crippen molar-refractivity contribution in [1.29, 1.82) is 0 Å². The molecule has 1 heterocycles. The van der Waals surface area contributed by atoms with E-state index in [1.807, 2.05) is 0 Å². The first-order valence-corrected chi connectivity index (χ1v) is 7.25. The SMILES string of the molecule is O=C(N[C@H](Cc1ccc(F)cc1)C(=O)O)c1cccc2cn[nH]c12. The second kappa shape index (κ2) is 6.49. The molecule has 0 spiro atoms. The molecule has 0 saturated heterocycles. The molecule has 6 nitrogen and oxygen atoms in total. The summed E-state index contributed by atoms with van der Waals surface area (Å²) in [6, 6.07) is 9.45. The first-order valence-electron chi connectivity index (χ1n) is 7.25. The van der Waals surface area contributed by atoms with Crippen molar-refractivity contribution in [1.82, 2.24) is 15.5 Å². The van der Waals surface area contributed by atoms with Crippen LogP contribution in [0.3, 0.4) is 0 Å². The first-order chi connectivity index (χ1) is 11.5. The number of nitrogens with one attached hydrogen (secondary N) is 2. The second-order valence-corrected chi connectivity index (χ2v) is 5.33. The van der Waals surface area contributed by atoms with Crippen LogP contribution in [-0.2, 0) is 11.2 Å². The molecule has 0 unspecified atom stereocenters. The van der Waals surface area contributed by atoms with Crippen LogP contribution >= 0.6 is 0 Å². The fourth-order valence-corrected chi connectivity index (χ4v) is 2.45. The summed E-state index contributed by atoms with van der Waals surface area (Å²) in [5, 5.41) is 19.2. The Balaban J connectivity index is 1.80. The molecule has 3 N–H and O–H groups in total. The molecule has 0 radical (unpaired) electrons. The van der Waals surface area contributed by atoms with E-state index in [1.54, 1.807) is 24.4 Å². The van der Waals surface area contributed by atoms with Gasteiger partial charge >= 0.3 is 5.97 Å². The molecule has 0 bridgehead atoms. The largest absolute Gasteiger partial charge is 0.480 e. The maximum atomic E-state index is 12.9. The van der Waals surface area contributed by atoms with Gasteiger partial charge in [-0.1, -0.05) is 24.3 Å². The number of nitrogens with zero attached hydrogens (tertiary/aromatic N) is 1. The number of halogens is 1. The molecule has 2 aromatic carbocycles. The molecule has 122 valence electrons. The number of carbonyl (C=O) groups is 2. The van der Waals surface area contributed by atoms with Crippen LogP contribution in [0.2, 0.25) is 0 Å². The number of carboxylic acid groups (broad SMARTS) is 1. The maximum Gasteiger partial charge on any atom is 0.326 e. The number of benzene rings is 2. The lowest BCUT2D eigenvalue weighted by Gasteiger charge is -2.15. The normalized spacial score (nSPS) is 12.0. The monoisotopic (exact) mass is 327 g/mol. The summed E-state index contributed by atoms with van der Waals surface area (Å²) in [6.45, 7) is 0. The summed E-state index contributed by atoms with van der Waals surface area (Å²) in [4.78, 5) is 23.9. The summed E-state index contributed by atoms with van der Waals surface area (Å²) < 4.78 is 12.9. The van der Waals surface area contributed by atoms with Crippen LogP contribution in [0.4, 0.5) is 4.39 Å². The summed E-state index contributed by atoms with van der Waals surface area (Å²) in [7, 11) is 0. The molecule has 0 fully saturated rings. The second-order valence-electron chi connectivity index (χ2n) is 5.33. The van der Waals surface area contributed by atoms with Crippen molar-refractivity contribution in [2.24, 2.45) is 0 Å². The Morgan fingerprint density at radius 2 is 1.96 bits per heavy atom. The highest BCUT2D eigenvalue weighted by Gasteiger charge is 2.22. The number of fused-ring (bicyclic) bond motifs is 1. The van der Waals surface area contributed by atoms with E-state index in [9.17, 15) is 19.1 Å². The Bertz CT molecular complexity index is 889. The zero-order valence-corrected chi connectivity index (χ0v) is 12.5. The van der Waals surface area contributed by atoms with Crippen molar-refractivity contribution < 1.29 is 19.1 Å². The van der Waals surface area contributed by atoms with Gasteiger partial charge in [0.2, 0.25) is 0 Å². The Kier molecular flexibility index (Phi) is 4.24. The van der Waals surface area contributed by atoms with Gasteiger partial charge in [-0.05, 0) is 23.8 Å². The zero-order valence-electron chi connectivity index (χ0n) is 12.5. The molecule has 7 heteroatoms. The number of carbonyl (C=O) groups excluding carboxylic acids is 1. The molecule has 1 atom stereocenters. The van der Waals surface area contributed by atoms with Crippen molar-refractivity contribution in [2.45, 2.75) is 12.5 Å². The molecule has 0 aliphatic heterocycles. The third kappa shape index (κ3) is 3.24. The average molecular weight is 327 g/mol. The lowest BCUT2D eigenvalue weighted by atomic mass is 10.0. The van der Waals surface area contributed by atoms with Crippen LogP contribution in [0.1, 0.15) is 15.9 Å². The highest BCUT2D eigenvalue weighted by atomic mass is 19.1. The van der Waals surface area contributed by atoms with E-state index in [0.717, 1.165) is 5.39 Å². The summed E-state index contributed by atoms with van der Waals surface area (Å²) in [5.41, 5.74) is 1.47. The van der Waals surface area contributed by atoms with Crippen molar-refractivity contribution in [3.05, 3.63) is 65.6 Å². The van der Waals surface area contributed by atoms with Gasteiger partial charge in [-0.2, -0.15) is 5.10 Å². The number of aromatic nitrogens is 2. The number of amides is 1. The minimum atomic E-state index is -1.16. The highest BCUT2D eigenvalue weighted by molar-refractivity contribution is 6.06. The van der Waals surface area contributed by atoms with Gasteiger partial charge in [-0.3, -0.25) is 9.89 Å². The number of H-pyrrole nitrogens is 1. The van der Waals surface area contributed by atoms with Gasteiger partial charge in [0.25, 0.3) is 5.91 Å². The fourth-order valence-electron chi connectivity index (χ4n) is 2.45. The van der Waals surface area contributed by atoms with Crippen molar-refractivity contribution in [3.8, 4) is 0 Å². The number of hydrogen-bond donors (Lipinski definition) is 3. The van der Waals surface area contributed by atoms with Gasteiger partial charge in [-0.25, -0.2) is 9.18 Å². The Morgan fingerprint density at radius 3 is 2.67 bits per heavy atom. The van der Waals surface area contributed by atoms with E-state index in [2.05, 4.69) is 15.5 Å². The van der Waals surface area contributed by atoms with Gasteiger partial charge in [0.05, 0.1) is 17.3 Å². The van der Waals surface area contributed by atoms with E-state index >= 15 is 0 Å². The maximum absolute atomic E-state index is 12.9. The number of aliphatic carboxylic acids is 1. The van der Waals surface area contributed by atoms with E-state index in [0.29, 0.717) is 16.6 Å². The molecule has 0 aliphatic rings. The zero-order chi connectivity index (χ0) is 17.1. The molecule has 3 aromatic rings. The van der Waals surface area contributed by atoms with E-state index in [1.165, 1.54) is 24.3 Å². The minimum Gasteiger partial charge on any atom is -0.480 e. The fraction of sp³-hybridized carbons (Fsp3) is 0.118. The molecule has 24 heavy (non-hydrogen) atoms. The van der Waals surface area contributed by atoms with Crippen molar-refractivity contribution in [3.63, 3.8) is 0 Å². The van der Waals surface area contributed by atoms with Crippen LogP contribution in [-0.4, -0.2) is 33.2 Å². The molecule has 1 amide bonds. The molecule has 0 aliphatic carbocycles. The average Bonchev–Trinajstić information content (AvgIpc) is 3.04. The minimum absolute atomic E-state index is 0.0559. The van der Waals surface area contributed by atoms with Crippen LogP contribution in [0.25, 0.3) is 10.9 Å². The summed E-state index contributed by atoms with van der Waals surface area (Å²) in [5.74, 6) is -2.08. The van der Waals surface area contributed by atoms with Gasteiger partial charge in [-0.15, -0.1) is 0 Å². The molecule has 1 aromatic heterocycles. The lowest BCUT2D eigenvalue weighted by molar-refractivity contribution is -0.139. The van der Waals surface area contributed by atoms with Crippen LogP contribution in [0.5, 0.6) is 0 Å². The van der Waals surface area contributed by atoms with Crippen LogP contribution in [0.15, 0.2) is 48.7 Å². The summed E-state index contributed by atoms with van der Waals surface area (Å²) in [6.07, 6.45) is 1.64. The predicted molar refractivity (Wildman–Crippen MR) is 85.1 cm³/mol. The van der Waals surface area contributed by atoms with Crippen molar-refractivity contribution in [2.75, 3.05) is 0 Å². The van der Waals surface area contributed by atoms with Crippen LogP contribution < -0.4 is 5.32 Å². The number of rotatable bonds is 5. The molecule has 0 saturated carbocycles. The van der Waals surface area contributed by atoms with Gasteiger partial charge in [0.15, 0.2) is 0 Å². The number of para-hydroxylation sites is 1. The number of aromatic amines is 1. The third-order valence-electron chi connectivity index (χ3n) is 3.68. The van der Waals surface area contributed by atoms with Crippen molar-refractivity contribution >= 4 is 22.8 Å². The Labute approximate surface area is 136 Å². The Morgan fingerprint density at radius 1 is 1.21 bits per heavy atom. The standard InChI is InChI=1S/C17H14FN3O3/c18-12-6-4-10(5-7-12)8-14(17(23)24)20-16(22)13-3-1-2-11-9-19-21-15(11)13/h1-7,9,14H,8H2,(H,19,21)(H,20,22)(H,23,24)/t14-/m1/s1. The Hall–Kier alpha value is -3.22. The van der Waals surface area contributed by atoms with Gasteiger partial charge in [0, 0.05) is 11.8 Å². The van der Waals surface area contributed by atoms with Crippen LogP contribution in [0, 0.1) is 5.82 Å². The van der Waals surface area contributed by atoms with Gasteiger partial charge < -0.3 is 10.4 Å². The molecule has 3 rings (SSSR count). The lowest BCUT2D eigenvalue weighted by Crippen LogP contribution is -2.42. The smallest absolute Gasteiger partial charge is 0.326 e. The topological polar surface area (TPSA) is 95.1 Å². The third-order valence-corrected chi connectivity index (χ3v) is 3.68. The van der Waals surface area contributed by atoms with Gasteiger partial charge in [0.1, 0.15) is 11.9 Å². The highest BCUT2D eigenvalue weighted by Crippen LogP contribution is 2.16. The first kappa shape index (κ1) is 15.7. The van der Waals surface area contributed by atoms with E-state index < -0.39 is 23.7 Å². The van der Waals surface area contributed by atoms with E-state index in [-0.39, 0.29) is 6.42 Å². The molecular formula is C17H14FN3O3. The summed E-state index contributed by atoms with van der Waals surface area (Å²) >= 11 is 0. The molecular weight excluding hydrogens is 313 g/mol.